The molecule has 1 aliphatic heterocycles. The summed E-state index contributed by atoms with van der Waals surface area (Å²) in [5.74, 6) is -0.235. The van der Waals surface area contributed by atoms with Gasteiger partial charge in [0.05, 0.1) is 16.7 Å². The number of pyridine rings is 1. The van der Waals surface area contributed by atoms with Crippen LogP contribution in [0.1, 0.15) is 41.7 Å². The second-order valence-electron chi connectivity index (χ2n) is 7.17. The van der Waals surface area contributed by atoms with Crippen molar-refractivity contribution in [2.45, 2.75) is 38.2 Å². The Kier molecular flexibility index (Phi) is 3.57. The lowest BCUT2D eigenvalue weighted by Gasteiger charge is -2.35. The van der Waals surface area contributed by atoms with Gasteiger partial charge in [-0.15, -0.1) is 0 Å². The molecule has 2 heterocycles. The van der Waals surface area contributed by atoms with Gasteiger partial charge in [-0.3, -0.25) is 9.78 Å². The number of halogens is 1. The van der Waals surface area contributed by atoms with E-state index in [0.717, 1.165) is 25.7 Å². The molecule has 0 bridgehead atoms. The molecule has 1 aromatic heterocycles. The lowest BCUT2D eigenvalue weighted by atomic mass is 9.90. The Hall–Kier alpha value is -2.01. The first-order valence-corrected chi connectivity index (χ1v) is 8.55. The number of carbonyl (C=O) groups excluding carboxylic acids is 1. The largest absolute Gasteiger partial charge is 0.390 e. The van der Waals surface area contributed by atoms with Crippen molar-refractivity contribution in [3.8, 4) is 0 Å². The first-order valence-electron chi connectivity index (χ1n) is 8.55. The molecule has 1 atom stereocenters. The number of aromatic nitrogens is 1. The molecule has 2 aliphatic rings. The molecule has 1 aromatic carbocycles. The van der Waals surface area contributed by atoms with E-state index in [0.29, 0.717) is 35.2 Å². The summed E-state index contributed by atoms with van der Waals surface area (Å²) in [5, 5.41) is 11.1. The Bertz CT molecular complexity index is 811. The zero-order chi connectivity index (χ0) is 16.9. The Labute approximate surface area is 140 Å². The van der Waals surface area contributed by atoms with E-state index in [9.17, 15) is 14.3 Å². The number of likely N-dealkylation sites (tertiary alicyclic amines) is 1. The van der Waals surface area contributed by atoms with Gasteiger partial charge in [0, 0.05) is 36.2 Å². The molecule has 24 heavy (non-hydrogen) atoms. The fraction of sp³-hybridized carbons (Fsp3) is 0.474. The zero-order valence-corrected chi connectivity index (χ0v) is 13.8. The van der Waals surface area contributed by atoms with E-state index in [4.69, 9.17) is 0 Å². The van der Waals surface area contributed by atoms with Crippen molar-refractivity contribution < 1.29 is 14.3 Å². The van der Waals surface area contributed by atoms with Crippen LogP contribution in [0.4, 0.5) is 4.39 Å². The molecule has 2 aromatic rings. The Balaban J connectivity index is 1.67. The van der Waals surface area contributed by atoms with Gasteiger partial charge in [0.1, 0.15) is 5.82 Å². The molecular weight excluding hydrogens is 307 g/mol. The van der Waals surface area contributed by atoms with Crippen LogP contribution in [0.15, 0.2) is 24.3 Å². The first kappa shape index (κ1) is 15.5. The van der Waals surface area contributed by atoms with E-state index >= 15 is 0 Å². The fourth-order valence-electron chi connectivity index (χ4n) is 3.82. The van der Waals surface area contributed by atoms with Crippen LogP contribution >= 0.6 is 0 Å². The van der Waals surface area contributed by atoms with Crippen molar-refractivity contribution in [1.82, 2.24) is 9.88 Å². The van der Waals surface area contributed by atoms with Crippen LogP contribution in [0.3, 0.4) is 0 Å². The first-order chi connectivity index (χ1) is 11.5. The zero-order valence-electron chi connectivity index (χ0n) is 13.8. The van der Waals surface area contributed by atoms with Crippen LogP contribution in [0.25, 0.3) is 10.9 Å². The van der Waals surface area contributed by atoms with Crippen LogP contribution < -0.4 is 0 Å². The lowest BCUT2D eigenvalue weighted by molar-refractivity contribution is 0.0283. The molecule has 1 N–H and O–H groups in total. The van der Waals surface area contributed by atoms with Crippen LogP contribution in [0.2, 0.25) is 0 Å². The minimum absolute atomic E-state index is 0.0499. The van der Waals surface area contributed by atoms with Gasteiger partial charge >= 0.3 is 0 Å². The molecule has 126 valence electrons. The average molecular weight is 328 g/mol. The molecule has 1 unspecified atom stereocenters. The van der Waals surface area contributed by atoms with Crippen LogP contribution in [-0.4, -0.2) is 39.6 Å². The number of amides is 1. The van der Waals surface area contributed by atoms with Crippen LogP contribution in [0.5, 0.6) is 0 Å². The molecule has 4 nitrogen and oxygen atoms in total. The summed E-state index contributed by atoms with van der Waals surface area (Å²) < 4.78 is 13.5. The fourth-order valence-corrected chi connectivity index (χ4v) is 3.82. The van der Waals surface area contributed by atoms with E-state index in [1.807, 2.05) is 11.8 Å². The SMILES string of the molecule is Cc1cc(C(=O)N2CCCC(C3(O)CC3)C2)c2ccc(F)cc2n1. The molecule has 4 rings (SSSR count). The molecule has 0 spiro atoms. The highest BCUT2D eigenvalue weighted by atomic mass is 19.1. The van der Waals surface area contributed by atoms with Crippen molar-refractivity contribution in [2.24, 2.45) is 5.92 Å². The molecular formula is C19H21FN2O2. The second-order valence-corrected chi connectivity index (χ2v) is 7.17. The van der Waals surface area contributed by atoms with E-state index in [2.05, 4.69) is 4.98 Å². The number of hydrogen-bond donors (Lipinski definition) is 1. The van der Waals surface area contributed by atoms with Gasteiger partial charge in [-0.1, -0.05) is 0 Å². The maximum absolute atomic E-state index is 13.5. The number of fused-ring (bicyclic) bond motifs is 1. The Morgan fingerprint density at radius 3 is 2.92 bits per heavy atom. The van der Waals surface area contributed by atoms with Gasteiger partial charge in [-0.2, -0.15) is 0 Å². The van der Waals surface area contributed by atoms with Crippen LogP contribution in [0, 0.1) is 18.7 Å². The maximum Gasteiger partial charge on any atom is 0.254 e. The van der Waals surface area contributed by atoms with E-state index in [1.165, 1.54) is 12.1 Å². The van der Waals surface area contributed by atoms with Crippen molar-refractivity contribution in [2.75, 3.05) is 13.1 Å². The number of aryl methyl sites for hydroxylation is 1. The molecule has 5 heteroatoms. The predicted molar refractivity (Wildman–Crippen MR) is 89.2 cm³/mol. The van der Waals surface area contributed by atoms with E-state index in [-0.39, 0.29) is 17.6 Å². The van der Waals surface area contributed by atoms with E-state index < -0.39 is 5.60 Å². The highest BCUT2D eigenvalue weighted by Crippen LogP contribution is 2.45. The normalized spacial score (nSPS) is 22.6. The topological polar surface area (TPSA) is 53.4 Å². The smallest absolute Gasteiger partial charge is 0.254 e. The number of nitrogens with zero attached hydrogens (tertiary/aromatic N) is 2. The van der Waals surface area contributed by atoms with Gasteiger partial charge in [0.2, 0.25) is 0 Å². The van der Waals surface area contributed by atoms with Crippen molar-refractivity contribution in [1.29, 1.82) is 0 Å². The number of hydrogen-bond acceptors (Lipinski definition) is 3. The van der Waals surface area contributed by atoms with Gasteiger partial charge in [-0.25, -0.2) is 4.39 Å². The number of piperidine rings is 1. The highest BCUT2D eigenvalue weighted by Gasteiger charge is 2.49. The van der Waals surface area contributed by atoms with Crippen molar-refractivity contribution in [3.63, 3.8) is 0 Å². The number of benzene rings is 1. The highest BCUT2D eigenvalue weighted by molar-refractivity contribution is 6.06. The van der Waals surface area contributed by atoms with Gasteiger partial charge < -0.3 is 10.0 Å². The second kappa shape index (κ2) is 5.52. The van der Waals surface area contributed by atoms with Crippen molar-refractivity contribution >= 4 is 16.8 Å². The third-order valence-corrected chi connectivity index (χ3v) is 5.36. The summed E-state index contributed by atoms with van der Waals surface area (Å²) in [6.07, 6.45) is 3.57. The predicted octanol–water partition coefficient (Wildman–Crippen LogP) is 3.06. The quantitative estimate of drug-likeness (QED) is 0.922. The standard InChI is InChI=1S/C19H21FN2O2/c1-12-9-16(15-5-4-14(20)10-17(15)21-12)18(23)22-8-2-3-13(11-22)19(24)6-7-19/h4-5,9-10,13,24H,2-3,6-8,11H2,1H3. The monoisotopic (exact) mass is 328 g/mol. The summed E-state index contributed by atoms with van der Waals surface area (Å²) in [6, 6.07) is 6.13. The molecule has 1 amide bonds. The average Bonchev–Trinajstić information content (AvgIpc) is 3.32. The molecule has 1 saturated heterocycles. The van der Waals surface area contributed by atoms with Crippen LogP contribution in [-0.2, 0) is 0 Å². The van der Waals surface area contributed by atoms with Gasteiger partial charge in [0.25, 0.3) is 5.91 Å². The lowest BCUT2D eigenvalue weighted by Crippen LogP contribution is -2.44. The third kappa shape index (κ3) is 2.67. The molecule has 1 saturated carbocycles. The third-order valence-electron chi connectivity index (χ3n) is 5.36. The molecule has 1 aliphatic carbocycles. The Morgan fingerprint density at radius 2 is 2.17 bits per heavy atom. The minimum Gasteiger partial charge on any atom is -0.390 e. The minimum atomic E-state index is -0.557. The molecule has 0 radical (unpaired) electrons. The number of rotatable bonds is 2. The summed E-state index contributed by atoms with van der Waals surface area (Å²) in [7, 11) is 0. The number of carbonyl (C=O) groups is 1. The summed E-state index contributed by atoms with van der Waals surface area (Å²) in [5.41, 5.74) is 1.22. The van der Waals surface area contributed by atoms with Gasteiger partial charge in [-0.05, 0) is 50.8 Å². The van der Waals surface area contributed by atoms with E-state index in [1.54, 1.807) is 12.1 Å². The summed E-state index contributed by atoms with van der Waals surface area (Å²) >= 11 is 0. The number of aliphatic hydroxyl groups is 1. The maximum atomic E-state index is 13.5. The summed E-state index contributed by atoms with van der Waals surface area (Å²) in [6.45, 7) is 3.11. The van der Waals surface area contributed by atoms with Crippen molar-refractivity contribution in [3.05, 3.63) is 41.3 Å². The molecule has 2 fully saturated rings. The summed E-state index contributed by atoms with van der Waals surface area (Å²) in [4.78, 5) is 19.2. The van der Waals surface area contributed by atoms with Gasteiger partial charge in [0.15, 0.2) is 0 Å². The Morgan fingerprint density at radius 1 is 1.38 bits per heavy atom.